The molecule has 0 unspecified atom stereocenters. The van der Waals surface area contributed by atoms with Crippen LogP contribution in [-0.4, -0.2) is 6.54 Å². The maximum Gasteiger partial charge on any atom is 0.135 e. The number of benzene rings is 1. The van der Waals surface area contributed by atoms with Crippen LogP contribution in [0.5, 0.6) is 0 Å². The summed E-state index contributed by atoms with van der Waals surface area (Å²) >= 11 is 3.33. The van der Waals surface area contributed by atoms with Crippen LogP contribution in [0, 0.1) is 5.82 Å². The normalized spacial score (nSPS) is 10.8. The minimum Gasteiger partial charge on any atom is -0.460 e. The van der Waals surface area contributed by atoms with Gasteiger partial charge in [0.1, 0.15) is 17.3 Å². The van der Waals surface area contributed by atoms with E-state index in [1.165, 1.54) is 12.1 Å². The summed E-state index contributed by atoms with van der Waals surface area (Å²) in [7, 11) is 0. The first-order valence-electron chi connectivity index (χ1n) is 5.45. The van der Waals surface area contributed by atoms with Crippen LogP contribution in [0.1, 0.15) is 12.7 Å². The number of rotatable bonds is 4. The first-order valence-corrected chi connectivity index (χ1v) is 6.25. The fraction of sp³-hybridized carbons (Fsp3) is 0.231. The highest BCUT2D eigenvalue weighted by Crippen LogP contribution is 2.30. The van der Waals surface area contributed by atoms with E-state index in [0.717, 1.165) is 23.6 Å². The second-order valence-electron chi connectivity index (χ2n) is 3.67. The maximum atomic E-state index is 13.0. The zero-order valence-corrected chi connectivity index (χ0v) is 11.1. The molecule has 90 valence electrons. The lowest BCUT2D eigenvalue weighted by atomic mass is 10.2. The van der Waals surface area contributed by atoms with Gasteiger partial charge in [-0.1, -0.05) is 6.92 Å². The summed E-state index contributed by atoms with van der Waals surface area (Å²) in [6, 6.07) is 8.38. The molecule has 0 aliphatic carbocycles. The van der Waals surface area contributed by atoms with Gasteiger partial charge in [0.2, 0.25) is 0 Å². The average molecular weight is 298 g/mol. The van der Waals surface area contributed by atoms with E-state index in [4.69, 9.17) is 4.42 Å². The standard InChI is InChI=1S/C13H13BrFNO/c1-2-16-8-10-4-6-13(17-10)11-5-3-9(15)7-12(11)14/h3-7,16H,2,8H2,1H3. The number of hydrogen-bond donors (Lipinski definition) is 1. The van der Waals surface area contributed by atoms with E-state index in [1.807, 2.05) is 19.1 Å². The largest absolute Gasteiger partial charge is 0.460 e. The molecule has 17 heavy (non-hydrogen) atoms. The third kappa shape index (κ3) is 2.96. The maximum absolute atomic E-state index is 13.0. The van der Waals surface area contributed by atoms with Crippen LogP contribution in [0.4, 0.5) is 4.39 Å². The van der Waals surface area contributed by atoms with E-state index in [2.05, 4.69) is 21.2 Å². The summed E-state index contributed by atoms with van der Waals surface area (Å²) in [6.07, 6.45) is 0. The lowest BCUT2D eigenvalue weighted by molar-refractivity contribution is 0.498. The average Bonchev–Trinajstić information content (AvgIpc) is 2.75. The van der Waals surface area contributed by atoms with Gasteiger partial charge in [-0.15, -0.1) is 0 Å². The fourth-order valence-corrected chi connectivity index (χ4v) is 2.10. The Kier molecular flexibility index (Phi) is 3.97. The Bertz CT molecular complexity index is 510. The lowest BCUT2D eigenvalue weighted by Gasteiger charge is -2.01. The second-order valence-corrected chi connectivity index (χ2v) is 4.52. The summed E-state index contributed by atoms with van der Waals surface area (Å²) in [4.78, 5) is 0. The Morgan fingerprint density at radius 1 is 1.29 bits per heavy atom. The lowest BCUT2D eigenvalue weighted by Crippen LogP contribution is -2.10. The molecule has 0 aliphatic heterocycles. The van der Waals surface area contributed by atoms with Crippen molar-refractivity contribution in [2.75, 3.05) is 6.54 Å². The van der Waals surface area contributed by atoms with E-state index in [1.54, 1.807) is 6.07 Å². The fourth-order valence-electron chi connectivity index (χ4n) is 1.56. The zero-order chi connectivity index (χ0) is 12.3. The SMILES string of the molecule is CCNCc1ccc(-c2ccc(F)cc2Br)o1. The molecular formula is C13H13BrFNO. The Morgan fingerprint density at radius 2 is 2.12 bits per heavy atom. The van der Waals surface area contributed by atoms with Gasteiger partial charge in [-0.25, -0.2) is 4.39 Å². The van der Waals surface area contributed by atoms with Crippen molar-refractivity contribution in [2.24, 2.45) is 0 Å². The van der Waals surface area contributed by atoms with E-state index < -0.39 is 0 Å². The van der Waals surface area contributed by atoms with Crippen LogP contribution in [0.2, 0.25) is 0 Å². The third-order valence-electron chi connectivity index (χ3n) is 2.41. The van der Waals surface area contributed by atoms with Gasteiger partial charge in [-0.2, -0.15) is 0 Å². The number of furan rings is 1. The van der Waals surface area contributed by atoms with Crippen molar-refractivity contribution in [2.45, 2.75) is 13.5 Å². The van der Waals surface area contributed by atoms with Crippen molar-refractivity contribution in [3.63, 3.8) is 0 Å². The first kappa shape index (κ1) is 12.3. The van der Waals surface area contributed by atoms with Crippen LogP contribution in [-0.2, 0) is 6.54 Å². The van der Waals surface area contributed by atoms with Gasteiger partial charge < -0.3 is 9.73 Å². The molecule has 1 heterocycles. The van der Waals surface area contributed by atoms with Crippen LogP contribution in [0.25, 0.3) is 11.3 Å². The monoisotopic (exact) mass is 297 g/mol. The molecule has 1 N–H and O–H groups in total. The molecule has 0 fully saturated rings. The van der Waals surface area contributed by atoms with Gasteiger partial charge in [-0.05, 0) is 52.8 Å². The third-order valence-corrected chi connectivity index (χ3v) is 3.06. The van der Waals surface area contributed by atoms with Crippen LogP contribution < -0.4 is 5.32 Å². The minimum absolute atomic E-state index is 0.264. The van der Waals surface area contributed by atoms with Gasteiger partial charge in [0, 0.05) is 10.0 Å². The molecule has 0 bridgehead atoms. The van der Waals surface area contributed by atoms with E-state index >= 15 is 0 Å². The van der Waals surface area contributed by atoms with Crippen LogP contribution >= 0.6 is 15.9 Å². The molecule has 4 heteroatoms. The molecule has 0 spiro atoms. The van der Waals surface area contributed by atoms with Gasteiger partial charge in [0.05, 0.1) is 6.54 Å². The van der Waals surface area contributed by atoms with Crippen molar-refractivity contribution in [3.8, 4) is 11.3 Å². The predicted molar refractivity (Wildman–Crippen MR) is 69.2 cm³/mol. The molecule has 0 saturated heterocycles. The van der Waals surface area contributed by atoms with Crippen molar-refractivity contribution in [3.05, 3.63) is 46.4 Å². The van der Waals surface area contributed by atoms with Gasteiger partial charge in [0.15, 0.2) is 0 Å². The second kappa shape index (κ2) is 5.47. The molecule has 2 rings (SSSR count). The first-order chi connectivity index (χ1) is 8.20. The van der Waals surface area contributed by atoms with E-state index in [-0.39, 0.29) is 5.82 Å². The van der Waals surface area contributed by atoms with E-state index in [0.29, 0.717) is 11.0 Å². The number of nitrogens with one attached hydrogen (secondary N) is 1. The topological polar surface area (TPSA) is 25.2 Å². The molecule has 0 aliphatic rings. The molecule has 1 aromatic heterocycles. The highest BCUT2D eigenvalue weighted by molar-refractivity contribution is 9.10. The molecule has 1 aromatic carbocycles. The molecule has 2 aromatic rings. The summed E-state index contributed by atoms with van der Waals surface area (Å²) in [5.74, 6) is 1.35. The van der Waals surface area contributed by atoms with Crippen molar-refractivity contribution < 1.29 is 8.81 Å². The molecular weight excluding hydrogens is 285 g/mol. The van der Waals surface area contributed by atoms with Gasteiger partial charge in [0.25, 0.3) is 0 Å². The Morgan fingerprint density at radius 3 is 2.82 bits per heavy atom. The number of hydrogen-bond acceptors (Lipinski definition) is 2. The van der Waals surface area contributed by atoms with Crippen molar-refractivity contribution in [1.82, 2.24) is 5.32 Å². The highest BCUT2D eigenvalue weighted by atomic mass is 79.9. The molecule has 0 saturated carbocycles. The van der Waals surface area contributed by atoms with Crippen LogP contribution in [0.3, 0.4) is 0 Å². The summed E-state index contributed by atoms with van der Waals surface area (Å²) in [6.45, 7) is 3.64. The zero-order valence-electron chi connectivity index (χ0n) is 9.47. The Balaban J connectivity index is 2.24. The molecule has 0 amide bonds. The predicted octanol–water partition coefficient (Wildman–Crippen LogP) is 3.96. The molecule has 2 nitrogen and oxygen atoms in total. The Hall–Kier alpha value is -1.13. The minimum atomic E-state index is -0.264. The number of halogens is 2. The molecule has 0 radical (unpaired) electrons. The van der Waals surface area contributed by atoms with Crippen molar-refractivity contribution in [1.29, 1.82) is 0 Å². The smallest absolute Gasteiger partial charge is 0.135 e. The van der Waals surface area contributed by atoms with Crippen molar-refractivity contribution >= 4 is 15.9 Å². The van der Waals surface area contributed by atoms with Crippen LogP contribution in [0.15, 0.2) is 39.2 Å². The van der Waals surface area contributed by atoms with E-state index in [9.17, 15) is 4.39 Å². The summed E-state index contributed by atoms with van der Waals surface area (Å²) in [5, 5.41) is 3.19. The summed E-state index contributed by atoms with van der Waals surface area (Å²) in [5.41, 5.74) is 0.856. The molecule has 0 atom stereocenters. The highest BCUT2D eigenvalue weighted by Gasteiger charge is 2.08. The Labute approximate surface area is 108 Å². The quantitative estimate of drug-likeness (QED) is 0.924. The summed E-state index contributed by atoms with van der Waals surface area (Å²) < 4.78 is 19.3. The van der Waals surface area contributed by atoms with Gasteiger partial charge in [-0.3, -0.25) is 0 Å². The van der Waals surface area contributed by atoms with Gasteiger partial charge >= 0.3 is 0 Å².